The van der Waals surface area contributed by atoms with Crippen molar-refractivity contribution in [3.05, 3.63) is 81.4 Å². The predicted octanol–water partition coefficient (Wildman–Crippen LogP) is 4.07. The number of carbonyl (C=O) groups is 1. The third-order valence-corrected chi connectivity index (χ3v) is 4.54. The average Bonchev–Trinajstić information content (AvgIpc) is 3.37. The van der Waals surface area contributed by atoms with E-state index in [1.807, 2.05) is 6.92 Å². The topological polar surface area (TPSA) is 106 Å². The maximum absolute atomic E-state index is 12.8. The lowest BCUT2D eigenvalue weighted by atomic mass is 10.2. The number of carbonyl (C=O) groups excluding carboxylic acids is 1. The molecule has 0 aliphatic carbocycles. The van der Waals surface area contributed by atoms with Crippen molar-refractivity contribution in [3.8, 4) is 17.4 Å². The van der Waals surface area contributed by atoms with E-state index in [0.29, 0.717) is 40.0 Å². The summed E-state index contributed by atoms with van der Waals surface area (Å²) in [7, 11) is 0. The molecule has 0 aliphatic rings. The molecule has 4 aromatic rings. The summed E-state index contributed by atoms with van der Waals surface area (Å²) < 4.78 is 6.79. The van der Waals surface area contributed by atoms with Gasteiger partial charge in [-0.3, -0.25) is 14.6 Å². The highest BCUT2D eigenvalue weighted by molar-refractivity contribution is 6.31. The Balaban J connectivity index is 1.78. The lowest BCUT2D eigenvalue weighted by Crippen LogP contribution is -2.19. The molecule has 0 spiro atoms. The summed E-state index contributed by atoms with van der Waals surface area (Å²) in [5, 5.41) is 7.73. The van der Waals surface area contributed by atoms with Crippen LogP contribution in [-0.2, 0) is 6.42 Å². The summed E-state index contributed by atoms with van der Waals surface area (Å²) in [4.78, 5) is 32.0. The van der Waals surface area contributed by atoms with Gasteiger partial charge in [0.05, 0.1) is 6.26 Å². The van der Waals surface area contributed by atoms with Crippen LogP contribution in [0.2, 0.25) is 5.02 Å². The van der Waals surface area contributed by atoms with Gasteiger partial charge in [-0.25, -0.2) is 4.98 Å². The van der Waals surface area contributed by atoms with Crippen molar-refractivity contribution in [1.29, 1.82) is 0 Å². The van der Waals surface area contributed by atoms with Crippen LogP contribution in [0.4, 0.5) is 5.82 Å². The Morgan fingerprint density at radius 1 is 1.23 bits per heavy atom. The molecule has 0 atom stereocenters. The van der Waals surface area contributed by atoms with Crippen LogP contribution in [0.3, 0.4) is 0 Å². The highest BCUT2D eigenvalue weighted by Gasteiger charge is 2.18. The molecule has 9 heteroatoms. The molecule has 0 saturated carbocycles. The Hall–Kier alpha value is -3.65. The first kappa shape index (κ1) is 19.7. The summed E-state index contributed by atoms with van der Waals surface area (Å²) >= 11 is 6.00. The Morgan fingerprint density at radius 2 is 2.10 bits per heavy atom. The highest BCUT2D eigenvalue weighted by Crippen LogP contribution is 2.24. The normalized spacial score (nSPS) is 10.9. The number of furan rings is 1. The van der Waals surface area contributed by atoms with Crippen LogP contribution in [0.25, 0.3) is 17.4 Å². The molecular formula is C21H18ClN5O3. The number of hydrogen-bond donors (Lipinski definition) is 2. The lowest BCUT2D eigenvalue weighted by molar-refractivity contribution is 0.102. The molecule has 1 amide bonds. The fraction of sp³-hybridized carbons (Fsp3) is 0.143. The van der Waals surface area contributed by atoms with Gasteiger partial charge in [-0.15, -0.1) is 0 Å². The molecule has 0 saturated heterocycles. The largest absolute Gasteiger partial charge is 0.463 e. The second-order valence-corrected chi connectivity index (χ2v) is 7.02. The quantitative estimate of drug-likeness (QED) is 0.486. The molecule has 0 unspecified atom stereocenters. The Labute approximate surface area is 176 Å². The van der Waals surface area contributed by atoms with E-state index in [2.05, 4.69) is 20.4 Å². The molecule has 0 bridgehead atoms. The van der Waals surface area contributed by atoms with Gasteiger partial charge >= 0.3 is 0 Å². The number of aromatic amines is 1. The zero-order chi connectivity index (χ0) is 21.1. The number of rotatable bonds is 6. The molecule has 1 aromatic carbocycles. The van der Waals surface area contributed by atoms with Gasteiger partial charge in [0.25, 0.3) is 11.5 Å². The minimum atomic E-state index is -0.378. The molecule has 4 rings (SSSR count). The first-order valence-electron chi connectivity index (χ1n) is 9.35. The van der Waals surface area contributed by atoms with Gasteiger partial charge < -0.3 is 9.73 Å². The van der Waals surface area contributed by atoms with Crippen LogP contribution in [0.15, 0.2) is 64.0 Å². The van der Waals surface area contributed by atoms with Crippen LogP contribution in [-0.4, -0.2) is 25.7 Å². The fourth-order valence-corrected chi connectivity index (χ4v) is 3.16. The van der Waals surface area contributed by atoms with Crippen LogP contribution in [0.1, 0.15) is 29.4 Å². The van der Waals surface area contributed by atoms with E-state index >= 15 is 0 Å². The molecule has 2 N–H and O–H groups in total. The van der Waals surface area contributed by atoms with Crippen molar-refractivity contribution in [2.24, 2.45) is 0 Å². The van der Waals surface area contributed by atoms with Gasteiger partial charge in [0.15, 0.2) is 5.76 Å². The van der Waals surface area contributed by atoms with Gasteiger partial charge in [0.2, 0.25) is 5.95 Å². The molecule has 0 fully saturated rings. The first-order chi connectivity index (χ1) is 14.5. The van der Waals surface area contributed by atoms with E-state index in [1.54, 1.807) is 42.5 Å². The molecule has 3 aromatic heterocycles. The van der Waals surface area contributed by atoms with E-state index in [1.165, 1.54) is 17.0 Å². The molecule has 0 aliphatic heterocycles. The number of benzene rings is 1. The summed E-state index contributed by atoms with van der Waals surface area (Å²) in [5.74, 6) is 0.657. The van der Waals surface area contributed by atoms with Gasteiger partial charge in [0.1, 0.15) is 11.5 Å². The summed E-state index contributed by atoms with van der Waals surface area (Å²) in [6, 6.07) is 13.2. The minimum absolute atomic E-state index is 0.199. The lowest BCUT2D eigenvalue weighted by Gasteiger charge is -2.09. The standard InChI is InChI=1S/C21H18ClN5O3/c1-2-5-15-11-19(28)25-21(23-15)27-18(12-16(26-27)17-8-4-9-30-17)24-20(29)13-6-3-7-14(22)10-13/h3-4,6-12H,2,5H2,1H3,(H,24,29)(H,23,25,28). The fourth-order valence-electron chi connectivity index (χ4n) is 2.97. The maximum Gasteiger partial charge on any atom is 0.256 e. The van der Waals surface area contributed by atoms with Crippen LogP contribution < -0.4 is 10.9 Å². The number of aryl methyl sites for hydroxylation is 1. The number of nitrogens with one attached hydrogen (secondary N) is 2. The summed E-state index contributed by atoms with van der Waals surface area (Å²) in [6.07, 6.45) is 3.01. The van der Waals surface area contributed by atoms with Crippen molar-refractivity contribution in [1.82, 2.24) is 19.7 Å². The number of nitrogens with zero attached hydrogens (tertiary/aromatic N) is 3. The number of amides is 1. The summed E-state index contributed by atoms with van der Waals surface area (Å²) in [5.41, 5.74) is 1.20. The van der Waals surface area contributed by atoms with E-state index in [4.69, 9.17) is 16.0 Å². The van der Waals surface area contributed by atoms with Gasteiger partial charge in [-0.1, -0.05) is 31.0 Å². The van der Waals surface area contributed by atoms with Crippen LogP contribution in [0, 0.1) is 0 Å². The number of halogens is 1. The van der Waals surface area contributed by atoms with E-state index in [-0.39, 0.29) is 17.4 Å². The minimum Gasteiger partial charge on any atom is -0.463 e. The van der Waals surface area contributed by atoms with E-state index in [0.717, 1.165) is 6.42 Å². The maximum atomic E-state index is 12.8. The Morgan fingerprint density at radius 3 is 2.83 bits per heavy atom. The van der Waals surface area contributed by atoms with Crippen molar-refractivity contribution in [2.75, 3.05) is 5.32 Å². The molecule has 3 heterocycles. The van der Waals surface area contributed by atoms with E-state index in [9.17, 15) is 9.59 Å². The van der Waals surface area contributed by atoms with Crippen LogP contribution in [0.5, 0.6) is 0 Å². The van der Waals surface area contributed by atoms with Crippen molar-refractivity contribution >= 4 is 23.3 Å². The molecule has 30 heavy (non-hydrogen) atoms. The second kappa shape index (κ2) is 8.38. The zero-order valence-electron chi connectivity index (χ0n) is 16.1. The third-order valence-electron chi connectivity index (χ3n) is 4.30. The smallest absolute Gasteiger partial charge is 0.256 e. The monoisotopic (exact) mass is 423 g/mol. The number of aromatic nitrogens is 4. The summed E-state index contributed by atoms with van der Waals surface area (Å²) in [6.45, 7) is 2.00. The van der Waals surface area contributed by atoms with Crippen molar-refractivity contribution in [3.63, 3.8) is 0 Å². The molecule has 8 nitrogen and oxygen atoms in total. The Bertz CT molecular complexity index is 1240. The molecular weight excluding hydrogens is 406 g/mol. The van der Waals surface area contributed by atoms with Crippen molar-refractivity contribution < 1.29 is 9.21 Å². The molecule has 0 radical (unpaired) electrons. The third kappa shape index (κ3) is 4.18. The van der Waals surface area contributed by atoms with Crippen LogP contribution >= 0.6 is 11.6 Å². The van der Waals surface area contributed by atoms with Gasteiger partial charge in [-0.05, 0) is 36.8 Å². The van der Waals surface area contributed by atoms with Gasteiger partial charge in [-0.2, -0.15) is 9.78 Å². The number of H-pyrrole nitrogens is 1. The van der Waals surface area contributed by atoms with Crippen molar-refractivity contribution in [2.45, 2.75) is 19.8 Å². The number of anilines is 1. The van der Waals surface area contributed by atoms with E-state index < -0.39 is 0 Å². The second-order valence-electron chi connectivity index (χ2n) is 6.58. The Kier molecular flexibility index (Phi) is 5.49. The van der Waals surface area contributed by atoms with Gasteiger partial charge in [0, 0.05) is 28.4 Å². The average molecular weight is 424 g/mol. The zero-order valence-corrected chi connectivity index (χ0v) is 16.8. The highest BCUT2D eigenvalue weighted by atomic mass is 35.5. The molecule has 152 valence electrons. The first-order valence-corrected chi connectivity index (χ1v) is 9.73. The number of hydrogen-bond acceptors (Lipinski definition) is 5. The SMILES string of the molecule is CCCc1cc(=O)[nH]c(-n2nc(-c3ccco3)cc2NC(=O)c2cccc(Cl)c2)n1. The predicted molar refractivity (Wildman–Crippen MR) is 113 cm³/mol.